The van der Waals surface area contributed by atoms with Crippen LogP contribution in [0.25, 0.3) is 0 Å². The van der Waals surface area contributed by atoms with E-state index in [9.17, 15) is 4.39 Å². The Morgan fingerprint density at radius 1 is 1.25 bits per heavy atom. The molecule has 0 spiro atoms. The first-order valence-electron chi connectivity index (χ1n) is 7.36. The Balaban J connectivity index is 2.56. The molecule has 2 heteroatoms. The Hall–Kier alpha value is -1.41. The molecule has 0 aromatic rings. The van der Waals surface area contributed by atoms with Crippen molar-refractivity contribution in [3.05, 3.63) is 60.0 Å². The lowest BCUT2D eigenvalue weighted by Gasteiger charge is -2.26. The SMILES string of the molecule is C=C(/C=C\C)/C=C\C(=C/C/C=C(\C)F)CNC1CCC1. The first kappa shape index (κ1) is 16.6. The molecule has 0 heterocycles. The highest BCUT2D eigenvalue weighted by molar-refractivity contribution is 5.33. The van der Waals surface area contributed by atoms with Crippen LogP contribution in [0, 0.1) is 0 Å². The van der Waals surface area contributed by atoms with Crippen LogP contribution in [0.4, 0.5) is 4.39 Å². The van der Waals surface area contributed by atoms with Gasteiger partial charge in [-0.05, 0) is 50.3 Å². The van der Waals surface area contributed by atoms with Gasteiger partial charge in [0.1, 0.15) is 0 Å². The van der Waals surface area contributed by atoms with Crippen LogP contribution in [0.1, 0.15) is 39.5 Å². The molecule has 0 unspecified atom stereocenters. The standard InChI is InChI=1S/C18H26FN/c1-4-7-15(2)12-13-17(9-5-8-16(3)19)14-20-18-10-6-11-18/h4,7-9,12-13,18,20H,2,5-6,10-11,14H2,1,3H3/b7-4-,13-12-,16-8+,17-9+. The van der Waals surface area contributed by atoms with Crippen LogP contribution < -0.4 is 5.32 Å². The number of hydrogen-bond donors (Lipinski definition) is 1. The van der Waals surface area contributed by atoms with Crippen LogP contribution in [0.15, 0.2) is 60.0 Å². The van der Waals surface area contributed by atoms with E-state index in [-0.39, 0.29) is 5.83 Å². The third-order valence-electron chi connectivity index (χ3n) is 3.37. The molecule has 1 rings (SSSR count). The lowest BCUT2D eigenvalue weighted by atomic mass is 9.93. The van der Waals surface area contributed by atoms with Crippen molar-refractivity contribution in [1.29, 1.82) is 0 Å². The van der Waals surface area contributed by atoms with Crippen LogP contribution in [0.2, 0.25) is 0 Å². The fourth-order valence-electron chi connectivity index (χ4n) is 1.93. The van der Waals surface area contributed by atoms with Gasteiger partial charge in [0.25, 0.3) is 0 Å². The first-order valence-corrected chi connectivity index (χ1v) is 7.36. The zero-order valence-electron chi connectivity index (χ0n) is 12.7. The molecule has 1 fully saturated rings. The van der Waals surface area contributed by atoms with Gasteiger partial charge < -0.3 is 5.32 Å². The van der Waals surface area contributed by atoms with E-state index in [0.717, 1.165) is 12.1 Å². The van der Waals surface area contributed by atoms with Crippen molar-refractivity contribution in [2.45, 2.75) is 45.6 Å². The highest BCUT2D eigenvalue weighted by Gasteiger charge is 2.15. The summed E-state index contributed by atoms with van der Waals surface area (Å²) in [6, 6.07) is 0.656. The van der Waals surface area contributed by atoms with Gasteiger partial charge in [0.15, 0.2) is 0 Å². The van der Waals surface area contributed by atoms with Crippen LogP contribution in [-0.4, -0.2) is 12.6 Å². The van der Waals surface area contributed by atoms with Crippen molar-refractivity contribution >= 4 is 0 Å². The van der Waals surface area contributed by atoms with Crippen molar-refractivity contribution in [2.75, 3.05) is 6.54 Å². The first-order chi connectivity index (χ1) is 9.61. The number of allylic oxidation sites excluding steroid dienone is 7. The van der Waals surface area contributed by atoms with Gasteiger partial charge in [-0.2, -0.15) is 0 Å². The largest absolute Gasteiger partial charge is 0.310 e. The summed E-state index contributed by atoms with van der Waals surface area (Å²) in [5.41, 5.74) is 2.15. The zero-order valence-corrected chi connectivity index (χ0v) is 12.7. The predicted octanol–water partition coefficient (Wildman–Crippen LogP) is 5.01. The Bertz CT molecular complexity index is 419. The van der Waals surface area contributed by atoms with Gasteiger partial charge in [-0.15, -0.1) is 0 Å². The van der Waals surface area contributed by atoms with Gasteiger partial charge in [-0.1, -0.05) is 43.4 Å². The third kappa shape index (κ3) is 7.25. The Morgan fingerprint density at radius 2 is 2.00 bits per heavy atom. The molecule has 0 amide bonds. The summed E-state index contributed by atoms with van der Waals surface area (Å²) >= 11 is 0. The molecule has 0 bridgehead atoms. The van der Waals surface area contributed by atoms with Crippen LogP contribution in [0.5, 0.6) is 0 Å². The van der Waals surface area contributed by atoms with Gasteiger partial charge in [0.2, 0.25) is 0 Å². The summed E-state index contributed by atoms with van der Waals surface area (Å²) < 4.78 is 12.7. The maximum atomic E-state index is 12.7. The number of rotatable bonds is 8. The van der Waals surface area contributed by atoms with E-state index in [1.54, 1.807) is 6.08 Å². The highest BCUT2D eigenvalue weighted by Crippen LogP contribution is 2.18. The van der Waals surface area contributed by atoms with Gasteiger partial charge in [-0.25, -0.2) is 4.39 Å². The fourth-order valence-corrected chi connectivity index (χ4v) is 1.93. The molecule has 1 aliphatic carbocycles. The molecular formula is C18H26FN. The smallest absolute Gasteiger partial charge is 0.0932 e. The summed E-state index contributed by atoms with van der Waals surface area (Å²) in [6.07, 6.45) is 16.2. The predicted molar refractivity (Wildman–Crippen MR) is 86.3 cm³/mol. The molecule has 0 aliphatic heterocycles. The van der Waals surface area contributed by atoms with Crippen molar-refractivity contribution in [3.63, 3.8) is 0 Å². The van der Waals surface area contributed by atoms with Crippen LogP contribution >= 0.6 is 0 Å². The van der Waals surface area contributed by atoms with E-state index in [0.29, 0.717) is 12.5 Å². The second-order valence-corrected chi connectivity index (χ2v) is 5.22. The lowest BCUT2D eigenvalue weighted by molar-refractivity contribution is 0.350. The molecule has 0 aromatic heterocycles. The maximum Gasteiger partial charge on any atom is 0.0932 e. The molecule has 1 N–H and O–H groups in total. The normalized spacial score (nSPS) is 17.9. The summed E-state index contributed by atoms with van der Waals surface area (Å²) in [4.78, 5) is 0. The highest BCUT2D eigenvalue weighted by atomic mass is 19.1. The Kier molecular flexibility index (Phi) is 7.89. The Morgan fingerprint density at radius 3 is 2.55 bits per heavy atom. The van der Waals surface area contributed by atoms with Gasteiger partial charge in [-0.3, -0.25) is 0 Å². The fraction of sp³-hybridized carbons (Fsp3) is 0.444. The van der Waals surface area contributed by atoms with Crippen molar-refractivity contribution in [1.82, 2.24) is 5.32 Å². The molecule has 0 aromatic carbocycles. The summed E-state index contributed by atoms with van der Waals surface area (Å²) in [6.45, 7) is 8.24. The second kappa shape index (κ2) is 9.49. The van der Waals surface area contributed by atoms with Crippen molar-refractivity contribution < 1.29 is 4.39 Å². The summed E-state index contributed by atoms with van der Waals surface area (Å²) in [5.74, 6) is -0.130. The molecule has 110 valence electrons. The van der Waals surface area contributed by atoms with Gasteiger partial charge >= 0.3 is 0 Å². The number of hydrogen-bond acceptors (Lipinski definition) is 1. The molecule has 1 aliphatic rings. The molecule has 0 atom stereocenters. The Labute approximate surface area is 122 Å². The van der Waals surface area contributed by atoms with Gasteiger partial charge in [0.05, 0.1) is 5.83 Å². The quantitative estimate of drug-likeness (QED) is 0.614. The van der Waals surface area contributed by atoms with Crippen molar-refractivity contribution in [3.8, 4) is 0 Å². The van der Waals surface area contributed by atoms with Crippen molar-refractivity contribution in [2.24, 2.45) is 0 Å². The van der Waals surface area contributed by atoms with E-state index in [1.807, 2.05) is 25.2 Å². The lowest BCUT2D eigenvalue weighted by Crippen LogP contribution is -2.36. The van der Waals surface area contributed by atoms with E-state index in [4.69, 9.17) is 0 Å². The topological polar surface area (TPSA) is 12.0 Å². The van der Waals surface area contributed by atoms with Crippen LogP contribution in [0.3, 0.4) is 0 Å². The monoisotopic (exact) mass is 275 g/mol. The minimum Gasteiger partial charge on any atom is -0.310 e. The summed E-state index contributed by atoms with van der Waals surface area (Å²) in [7, 11) is 0. The molecule has 20 heavy (non-hydrogen) atoms. The maximum absolute atomic E-state index is 12.7. The molecular weight excluding hydrogens is 249 g/mol. The average Bonchev–Trinajstić information content (AvgIpc) is 2.33. The van der Waals surface area contributed by atoms with Crippen LogP contribution in [-0.2, 0) is 0 Å². The van der Waals surface area contributed by atoms with Gasteiger partial charge in [0, 0.05) is 12.6 Å². The van der Waals surface area contributed by atoms with E-state index >= 15 is 0 Å². The minimum absolute atomic E-state index is 0.130. The number of halogens is 1. The third-order valence-corrected chi connectivity index (χ3v) is 3.37. The van der Waals surface area contributed by atoms with E-state index in [2.05, 4.69) is 24.0 Å². The minimum atomic E-state index is -0.130. The number of nitrogens with one attached hydrogen (secondary N) is 1. The molecule has 1 nitrogen and oxygen atoms in total. The molecule has 0 saturated heterocycles. The van der Waals surface area contributed by atoms with E-state index in [1.165, 1.54) is 31.8 Å². The molecule has 0 radical (unpaired) electrons. The zero-order chi connectivity index (χ0) is 14.8. The molecule has 1 saturated carbocycles. The summed E-state index contributed by atoms with van der Waals surface area (Å²) in [5, 5.41) is 3.53. The van der Waals surface area contributed by atoms with E-state index < -0.39 is 0 Å². The second-order valence-electron chi connectivity index (χ2n) is 5.22. The average molecular weight is 275 g/mol.